The number of pyridine rings is 1. The van der Waals surface area contributed by atoms with E-state index in [9.17, 15) is 4.79 Å². The van der Waals surface area contributed by atoms with Crippen molar-refractivity contribution in [2.75, 3.05) is 31.4 Å². The summed E-state index contributed by atoms with van der Waals surface area (Å²) in [6.07, 6.45) is 4.96. The van der Waals surface area contributed by atoms with Crippen molar-refractivity contribution in [1.29, 1.82) is 0 Å². The highest BCUT2D eigenvalue weighted by Crippen LogP contribution is 2.42. The van der Waals surface area contributed by atoms with Gasteiger partial charge >= 0.3 is 0 Å². The van der Waals surface area contributed by atoms with E-state index in [0.717, 1.165) is 63.7 Å². The van der Waals surface area contributed by atoms with Crippen LogP contribution in [0, 0.1) is 6.92 Å². The molecule has 9 heteroatoms. The van der Waals surface area contributed by atoms with Crippen LogP contribution in [0.15, 0.2) is 36.5 Å². The first-order valence-corrected chi connectivity index (χ1v) is 12.5. The second-order valence-electron chi connectivity index (χ2n) is 8.53. The van der Waals surface area contributed by atoms with Gasteiger partial charge in [0.25, 0.3) is 0 Å². The van der Waals surface area contributed by atoms with Crippen LogP contribution < -0.4 is 10.6 Å². The summed E-state index contributed by atoms with van der Waals surface area (Å²) < 4.78 is 5.00. The predicted octanol–water partition coefficient (Wildman–Crippen LogP) is 5.08. The first-order chi connectivity index (χ1) is 17.1. The molecule has 1 aliphatic carbocycles. The van der Waals surface area contributed by atoms with Crippen LogP contribution in [0.5, 0.6) is 0 Å². The molecular weight excluding hydrogens is 460 g/mol. The van der Waals surface area contributed by atoms with E-state index in [1.54, 1.807) is 7.11 Å². The van der Waals surface area contributed by atoms with Gasteiger partial charge in [-0.1, -0.05) is 29.5 Å². The lowest BCUT2D eigenvalue weighted by Crippen LogP contribution is -2.13. The Labute approximate surface area is 208 Å². The molecular formula is C26H28N6O2S. The van der Waals surface area contributed by atoms with Gasteiger partial charge in [-0.05, 0) is 49.4 Å². The smallest absolute Gasteiger partial charge is 0.228 e. The van der Waals surface area contributed by atoms with E-state index in [4.69, 9.17) is 14.8 Å². The van der Waals surface area contributed by atoms with Crippen LogP contribution in [0.4, 0.5) is 10.9 Å². The van der Waals surface area contributed by atoms with E-state index in [0.29, 0.717) is 18.2 Å². The van der Waals surface area contributed by atoms with E-state index in [1.165, 1.54) is 22.5 Å². The number of aromatic amines is 1. The number of fused-ring (bicyclic) bond motifs is 3. The molecule has 0 unspecified atom stereocenters. The van der Waals surface area contributed by atoms with Crippen LogP contribution in [-0.2, 0) is 22.4 Å². The van der Waals surface area contributed by atoms with Crippen molar-refractivity contribution < 1.29 is 9.53 Å². The van der Waals surface area contributed by atoms with Gasteiger partial charge in [-0.15, -0.1) is 0 Å². The van der Waals surface area contributed by atoms with Crippen LogP contribution in [-0.4, -0.2) is 46.8 Å². The highest BCUT2D eigenvalue weighted by atomic mass is 32.1. The summed E-state index contributed by atoms with van der Waals surface area (Å²) in [5, 5.41) is 14.7. The summed E-state index contributed by atoms with van der Waals surface area (Å²) in [5.74, 6) is 0.751. The van der Waals surface area contributed by atoms with Crippen molar-refractivity contribution in [3.63, 3.8) is 0 Å². The highest BCUT2D eigenvalue weighted by Gasteiger charge is 2.26. The lowest BCUT2D eigenvalue weighted by Gasteiger charge is -2.12. The van der Waals surface area contributed by atoms with Crippen molar-refractivity contribution in [3.8, 4) is 33.0 Å². The Morgan fingerprint density at radius 2 is 2.06 bits per heavy atom. The van der Waals surface area contributed by atoms with E-state index in [-0.39, 0.29) is 5.91 Å². The number of aromatic nitrogens is 4. The third kappa shape index (κ3) is 4.56. The number of hydrogen-bond donors (Lipinski definition) is 3. The first-order valence-electron chi connectivity index (χ1n) is 11.7. The summed E-state index contributed by atoms with van der Waals surface area (Å²) >= 11 is 1.50. The number of nitrogens with zero attached hydrogens (tertiary/aromatic N) is 3. The fraction of sp³-hybridized carbons (Fsp3) is 0.308. The molecule has 0 radical (unpaired) electrons. The number of nitrogens with one attached hydrogen (secondary N) is 3. The number of H-pyrrole nitrogens is 1. The van der Waals surface area contributed by atoms with Gasteiger partial charge in [0.15, 0.2) is 5.13 Å². The SMILES string of the molecule is CNc1ccc(-c2cccc(-c3n[nH]c4c3CCCc3nc(NC(=O)CCOC)sc3-4)c2C)cn1. The van der Waals surface area contributed by atoms with Gasteiger partial charge in [-0.25, -0.2) is 9.97 Å². The molecule has 1 aliphatic rings. The Hall–Kier alpha value is -3.56. The minimum Gasteiger partial charge on any atom is -0.384 e. The summed E-state index contributed by atoms with van der Waals surface area (Å²) in [7, 11) is 3.45. The maximum atomic E-state index is 12.2. The van der Waals surface area contributed by atoms with Crippen LogP contribution in [0.2, 0.25) is 0 Å². The van der Waals surface area contributed by atoms with Crippen LogP contribution in [0.1, 0.15) is 29.7 Å². The zero-order chi connectivity index (χ0) is 24.4. The average molecular weight is 489 g/mol. The molecule has 5 rings (SSSR count). The second-order valence-corrected chi connectivity index (χ2v) is 9.52. The Morgan fingerprint density at radius 3 is 2.83 bits per heavy atom. The normalized spacial score (nSPS) is 12.5. The van der Waals surface area contributed by atoms with E-state index >= 15 is 0 Å². The Bertz CT molecular complexity index is 1360. The molecule has 3 aromatic heterocycles. The number of anilines is 2. The summed E-state index contributed by atoms with van der Waals surface area (Å²) in [4.78, 5) is 22.4. The van der Waals surface area contributed by atoms with Gasteiger partial charge in [0.05, 0.1) is 35.0 Å². The van der Waals surface area contributed by atoms with Crippen LogP contribution in [0.25, 0.3) is 33.0 Å². The minimum absolute atomic E-state index is 0.0917. The maximum Gasteiger partial charge on any atom is 0.228 e. The van der Waals surface area contributed by atoms with Crippen molar-refractivity contribution in [2.45, 2.75) is 32.6 Å². The van der Waals surface area contributed by atoms with E-state index in [2.05, 4.69) is 51.9 Å². The number of ether oxygens (including phenoxy) is 1. The number of aryl methyl sites for hydroxylation is 1. The third-order valence-corrected chi connectivity index (χ3v) is 7.36. The van der Waals surface area contributed by atoms with Crippen LogP contribution >= 0.6 is 11.3 Å². The number of rotatable bonds is 7. The highest BCUT2D eigenvalue weighted by molar-refractivity contribution is 7.19. The summed E-state index contributed by atoms with van der Waals surface area (Å²) in [6, 6.07) is 10.4. The Balaban J connectivity index is 1.49. The Morgan fingerprint density at radius 1 is 1.20 bits per heavy atom. The number of methoxy groups -OCH3 is 1. The molecule has 1 aromatic carbocycles. The van der Waals surface area contributed by atoms with Gasteiger partial charge in [0, 0.05) is 37.0 Å². The maximum absolute atomic E-state index is 12.2. The zero-order valence-electron chi connectivity index (χ0n) is 20.1. The molecule has 35 heavy (non-hydrogen) atoms. The lowest BCUT2D eigenvalue weighted by atomic mass is 9.93. The average Bonchev–Trinajstić information content (AvgIpc) is 3.42. The number of benzene rings is 1. The molecule has 8 nitrogen and oxygen atoms in total. The topological polar surface area (TPSA) is 105 Å². The third-order valence-electron chi connectivity index (χ3n) is 6.33. The van der Waals surface area contributed by atoms with Gasteiger partial charge in [-0.3, -0.25) is 9.89 Å². The number of carbonyl (C=O) groups excluding carboxylic acids is 1. The molecule has 0 atom stereocenters. The van der Waals surface area contributed by atoms with Crippen molar-refractivity contribution in [1.82, 2.24) is 20.2 Å². The molecule has 0 saturated heterocycles. The van der Waals surface area contributed by atoms with Crippen molar-refractivity contribution in [3.05, 3.63) is 53.3 Å². The van der Waals surface area contributed by atoms with Gasteiger partial charge < -0.3 is 15.4 Å². The van der Waals surface area contributed by atoms with Crippen molar-refractivity contribution in [2.24, 2.45) is 0 Å². The lowest BCUT2D eigenvalue weighted by molar-refractivity contribution is -0.117. The van der Waals surface area contributed by atoms with Gasteiger partial charge in [0.1, 0.15) is 5.82 Å². The fourth-order valence-electron chi connectivity index (χ4n) is 4.50. The molecule has 0 bridgehead atoms. The fourth-order valence-corrected chi connectivity index (χ4v) is 5.55. The molecule has 0 saturated carbocycles. The van der Waals surface area contributed by atoms with E-state index < -0.39 is 0 Å². The zero-order valence-corrected chi connectivity index (χ0v) is 20.9. The standard InChI is InChI=1S/C26H28N6O2S/c1-15-17(16-10-11-21(27-2)28-14-16)6-4-7-18(15)23-19-8-5-9-20-25(24(19)32-31-23)35-26(29-20)30-22(33)12-13-34-3/h4,6-7,10-11,14H,5,8-9,12-13H2,1-3H3,(H,27,28)(H,31,32)(H,29,30,33). The number of amides is 1. The van der Waals surface area contributed by atoms with Gasteiger partial charge in [-0.2, -0.15) is 5.10 Å². The number of carbonyl (C=O) groups is 1. The van der Waals surface area contributed by atoms with Crippen LogP contribution in [0.3, 0.4) is 0 Å². The summed E-state index contributed by atoms with van der Waals surface area (Å²) in [6.45, 7) is 2.53. The predicted molar refractivity (Wildman–Crippen MR) is 140 cm³/mol. The quantitative estimate of drug-likeness (QED) is 0.335. The first kappa shape index (κ1) is 23.2. The molecule has 3 heterocycles. The molecule has 4 aromatic rings. The van der Waals surface area contributed by atoms with Crippen molar-refractivity contribution >= 4 is 28.2 Å². The summed E-state index contributed by atoms with van der Waals surface area (Å²) in [5.41, 5.74) is 8.68. The molecule has 180 valence electrons. The second kappa shape index (κ2) is 9.97. The molecule has 0 fully saturated rings. The van der Waals surface area contributed by atoms with Gasteiger partial charge in [0.2, 0.25) is 5.91 Å². The monoisotopic (exact) mass is 488 g/mol. The molecule has 1 amide bonds. The molecule has 0 aliphatic heterocycles. The number of thiazole rings is 1. The molecule has 0 spiro atoms. The number of hydrogen-bond acceptors (Lipinski definition) is 7. The molecule has 3 N–H and O–H groups in total. The Kier molecular flexibility index (Phi) is 6.61. The minimum atomic E-state index is -0.0917. The van der Waals surface area contributed by atoms with E-state index in [1.807, 2.05) is 19.3 Å². The largest absolute Gasteiger partial charge is 0.384 e.